The third-order valence-electron chi connectivity index (χ3n) is 1.53. The summed E-state index contributed by atoms with van der Waals surface area (Å²) in [5, 5.41) is 0. The normalized spacial score (nSPS) is 8.47. The summed E-state index contributed by atoms with van der Waals surface area (Å²) in [6.45, 7) is 5.22. The second kappa shape index (κ2) is 7.74. The average molecular weight is 208 g/mol. The number of carbonyl (C=O) groups is 2. The summed E-state index contributed by atoms with van der Waals surface area (Å²) >= 11 is 0. The van der Waals surface area contributed by atoms with Crippen LogP contribution >= 0.6 is 0 Å². The van der Waals surface area contributed by atoms with Crippen molar-refractivity contribution in [3.63, 3.8) is 0 Å². The van der Waals surface area contributed by atoms with Crippen LogP contribution < -0.4 is 0 Å². The van der Waals surface area contributed by atoms with E-state index in [4.69, 9.17) is 0 Å². The number of Topliss-reactive ketones (excluding diaryl/α,β-unsaturated/α-hetero) is 1. The van der Waals surface area contributed by atoms with E-state index >= 15 is 0 Å². The Hall–Kier alpha value is -1.64. The first kappa shape index (κ1) is 13.4. The van der Waals surface area contributed by atoms with Crippen molar-refractivity contribution in [1.29, 1.82) is 0 Å². The Morgan fingerprint density at radius 1 is 1.13 bits per heavy atom. The minimum Gasteiger partial charge on any atom is -0.466 e. The molecule has 0 heterocycles. The van der Waals surface area contributed by atoms with Gasteiger partial charge in [-0.2, -0.15) is 0 Å². The van der Waals surface area contributed by atoms with Gasteiger partial charge in [0.15, 0.2) is 5.78 Å². The number of ketones is 1. The zero-order valence-corrected chi connectivity index (χ0v) is 9.32. The Morgan fingerprint density at radius 2 is 1.67 bits per heavy atom. The minimum atomic E-state index is -0.211. The van der Waals surface area contributed by atoms with Gasteiger partial charge in [-0.3, -0.25) is 9.59 Å². The van der Waals surface area contributed by atoms with Crippen LogP contribution in [-0.2, 0) is 9.53 Å². The lowest BCUT2D eigenvalue weighted by Crippen LogP contribution is -1.95. The van der Waals surface area contributed by atoms with Gasteiger partial charge in [-0.15, -0.1) is 0 Å². The van der Waals surface area contributed by atoms with Crippen LogP contribution in [0.2, 0.25) is 0 Å². The van der Waals surface area contributed by atoms with Gasteiger partial charge in [0, 0.05) is 12.5 Å². The quantitative estimate of drug-likeness (QED) is 0.554. The molecule has 1 rings (SSSR count). The van der Waals surface area contributed by atoms with Crippen molar-refractivity contribution in [2.45, 2.75) is 20.8 Å². The van der Waals surface area contributed by atoms with E-state index in [2.05, 4.69) is 4.74 Å². The molecule has 0 aliphatic carbocycles. The van der Waals surface area contributed by atoms with Crippen LogP contribution in [0.3, 0.4) is 0 Å². The molecule has 3 heteroatoms. The van der Waals surface area contributed by atoms with Gasteiger partial charge >= 0.3 is 5.97 Å². The molecule has 0 fully saturated rings. The lowest BCUT2D eigenvalue weighted by Gasteiger charge is -1.89. The summed E-state index contributed by atoms with van der Waals surface area (Å²) < 4.78 is 4.40. The fraction of sp³-hybridized carbons (Fsp3) is 0.333. The van der Waals surface area contributed by atoms with E-state index in [-0.39, 0.29) is 11.8 Å². The van der Waals surface area contributed by atoms with Crippen LogP contribution in [0, 0.1) is 0 Å². The summed E-state index contributed by atoms with van der Waals surface area (Å²) in [7, 11) is 0. The number of benzene rings is 1. The molecule has 0 aromatic heterocycles. The lowest BCUT2D eigenvalue weighted by molar-refractivity contribution is -0.140. The average Bonchev–Trinajstić information content (AvgIpc) is 2.20. The van der Waals surface area contributed by atoms with E-state index in [9.17, 15) is 9.59 Å². The molecule has 0 saturated heterocycles. The van der Waals surface area contributed by atoms with Gasteiger partial charge in [-0.25, -0.2) is 0 Å². The van der Waals surface area contributed by atoms with Crippen molar-refractivity contribution >= 4 is 11.8 Å². The summed E-state index contributed by atoms with van der Waals surface area (Å²) in [6, 6.07) is 9.23. The van der Waals surface area contributed by atoms with Crippen LogP contribution in [-0.4, -0.2) is 18.4 Å². The fourth-order valence-corrected chi connectivity index (χ4v) is 0.876. The van der Waals surface area contributed by atoms with Crippen molar-refractivity contribution in [2.24, 2.45) is 0 Å². The van der Waals surface area contributed by atoms with E-state index in [1.807, 2.05) is 30.3 Å². The van der Waals surface area contributed by atoms with Crippen LogP contribution in [0.25, 0.3) is 0 Å². The number of hydrogen-bond acceptors (Lipinski definition) is 3. The van der Waals surface area contributed by atoms with E-state index in [0.29, 0.717) is 6.61 Å². The van der Waals surface area contributed by atoms with Crippen LogP contribution in [0.1, 0.15) is 31.1 Å². The van der Waals surface area contributed by atoms with Gasteiger partial charge < -0.3 is 4.74 Å². The first-order valence-corrected chi connectivity index (χ1v) is 4.77. The Bertz CT molecular complexity index is 304. The topological polar surface area (TPSA) is 43.4 Å². The molecule has 0 atom stereocenters. The van der Waals surface area contributed by atoms with Gasteiger partial charge in [0.05, 0.1) is 6.61 Å². The van der Waals surface area contributed by atoms with Crippen molar-refractivity contribution in [1.82, 2.24) is 0 Å². The van der Waals surface area contributed by atoms with Gasteiger partial charge in [-0.1, -0.05) is 30.3 Å². The van der Waals surface area contributed by atoms with E-state index < -0.39 is 0 Å². The predicted octanol–water partition coefficient (Wildman–Crippen LogP) is 2.46. The van der Waals surface area contributed by atoms with Crippen molar-refractivity contribution in [2.75, 3.05) is 6.61 Å². The van der Waals surface area contributed by atoms with Crippen molar-refractivity contribution in [3.05, 3.63) is 35.9 Å². The molecule has 0 spiro atoms. The Labute approximate surface area is 90.1 Å². The molecule has 0 bridgehead atoms. The SMILES string of the molecule is CC(=O)c1ccccc1.CCOC(C)=O. The summed E-state index contributed by atoms with van der Waals surface area (Å²) in [6.07, 6.45) is 0. The number of carbonyl (C=O) groups excluding carboxylic acids is 2. The van der Waals surface area contributed by atoms with E-state index in [0.717, 1.165) is 5.56 Å². The largest absolute Gasteiger partial charge is 0.466 e. The highest BCUT2D eigenvalue weighted by atomic mass is 16.5. The number of ether oxygens (including phenoxy) is 1. The van der Waals surface area contributed by atoms with Gasteiger partial charge in [0.2, 0.25) is 0 Å². The van der Waals surface area contributed by atoms with Crippen LogP contribution in [0.4, 0.5) is 0 Å². The highest BCUT2D eigenvalue weighted by molar-refractivity contribution is 5.93. The maximum Gasteiger partial charge on any atom is 0.302 e. The van der Waals surface area contributed by atoms with Crippen molar-refractivity contribution < 1.29 is 14.3 Å². The molecule has 0 unspecified atom stereocenters. The minimum absolute atomic E-state index is 0.121. The van der Waals surface area contributed by atoms with Gasteiger partial charge in [-0.05, 0) is 13.8 Å². The molecule has 0 N–H and O–H groups in total. The molecule has 0 radical (unpaired) electrons. The molecule has 1 aromatic carbocycles. The second-order valence-electron chi connectivity index (χ2n) is 2.85. The highest BCUT2D eigenvalue weighted by Gasteiger charge is 1.92. The smallest absolute Gasteiger partial charge is 0.302 e. The lowest BCUT2D eigenvalue weighted by atomic mass is 10.2. The molecule has 82 valence electrons. The summed E-state index contributed by atoms with van der Waals surface area (Å²) in [4.78, 5) is 20.5. The first-order valence-electron chi connectivity index (χ1n) is 4.77. The third kappa shape index (κ3) is 7.43. The maximum absolute atomic E-state index is 10.6. The molecule has 0 aliphatic rings. The molecule has 0 amide bonds. The number of esters is 1. The number of hydrogen-bond donors (Lipinski definition) is 0. The van der Waals surface area contributed by atoms with Gasteiger partial charge in [0.25, 0.3) is 0 Å². The highest BCUT2D eigenvalue weighted by Crippen LogP contribution is 1.97. The van der Waals surface area contributed by atoms with E-state index in [1.165, 1.54) is 6.92 Å². The molecular weight excluding hydrogens is 192 g/mol. The molecule has 1 aromatic rings. The number of rotatable bonds is 2. The standard InChI is InChI=1S/C8H8O.C4H8O2/c1-7(9)8-5-3-2-4-6-8;1-3-6-4(2)5/h2-6H,1H3;3H2,1-2H3. The fourth-order valence-electron chi connectivity index (χ4n) is 0.876. The van der Waals surface area contributed by atoms with Crippen molar-refractivity contribution in [3.8, 4) is 0 Å². The Balaban J connectivity index is 0.000000288. The molecule has 0 saturated carbocycles. The Kier molecular flexibility index (Phi) is 6.89. The monoisotopic (exact) mass is 208 g/mol. The Morgan fingerprint density at radius 3 is 1.87 bits per heavy atom. The zero-order chi connectivity index (χ0) is 11.7. The summed E-state index contributed by atoms with van der Waals surface area (Å²) in [5.41, 5.74) is 0.775. The van der Waals surface area contributed by atoms with Crippen LogP contribution in [0.15, 0.2) is 30.3 Å². The van der Waals surface area contributed by atoms with E-state index in [1.54, 1.807) is 13.8 Å². The third-order valence-corrected chi connectivity index (χ3v) is 1.53. The molecule has 15 heavy (non-hydrogen) atoms. The zero-order valence-electron chi connectivity index (χ0n) is 9.32. The predicted molar refractivity (Wildman–Crippen MR) is 58.8 cm³/mol. The first-order chi connectivity index (χ1) is 7.07. The van der Waals surface area contributed by atoms with Gasteiger partial charge in [0.1, 0.15) is 0 Å². The molecule has 3 nitrogen and oxygen atoms in total. The second-order valence-corrected chi connectivity index (χ2v) is 2.85. The van der Waals surface area contributed by atoms with Crippen LogP contribution in [0.5, 0.6) is 0 Å². The molecular formula is C12H16O3. The molecule has 0 aliphatic heterocycles. The maximum atomic E-state index is 10.6. The summed E-state index contributed by atoms with van der Waals surface area (Å²) in [5.74, 6) is -0.0897.